The summed E-state index contributed by atoms with van der Waals surface area (Å²) in [6, 6.07) is 1.91. The molecule has 1 amide bonds. The predicted molar refractivity (Wildman–Crippen MR) is 87.3 cm³/mol. The van der Waals surface area contributed by atoms with Gasteiger partial charge in [-0.25, -0.2) is 9.97 Å². The Balaban J connectivity index is 1.52. The number of carbonyl (C=O) groups excluding carboxylic acids is 1. The van der Waals surface area contributed by atoms with Crippen LogP contribution in [0.1, 0.15) is 35.8 Å². The predicted octanol–water partition coefficient (Wildman–Crippen LogP) is 1.17. The Morgan fingerprint density at radius 2 is 2.00 bits per heavy atom. The lowest BCUT2D eigenvalue weighted by molar-refractivity contribution is 0.0925. The fourth-order valence-electron chi connectivity index (χ4n) is 2.71. The molecule has 0 aliphatic carbocycles. The van der Waals surface area contributed by atoms with E-state index in [-0.39, 0.29) is 11.9 Å². The molecule has 0 atom stereocenters. The Bertz CT molecular complexity index is 657. The summed E-state index contributed by atoms with van der Waals surface area (Å²) >= 11 is 0. The number of hydrogen-bond donors (Lipinski definition) is 1. The van der Waals surface area contributed by atoms with E-state index in [1.807, 2.05) is 12.4 Å². The fourth-order valence-corrected chi connectivity index (χ4v) is 2.71. The SMILES string of the molecule is CCc1cnc(N2CCC(NC(=O)c3ccn(C)n3)CC2)nc1. The van der Waals surface area contributed by atoms with Gasteiger partial charge in [-0.15, -0.1) is 0 Å². The molecule has 0 radical (unpaired) electrons. The van der Waals surface area contributed by atoms with Crippen molar-refractivity contribution >= 4 is 11.9 Å². The van der Waals surface area contributed by atoms with Gasteiger partial charge in [0.25, 0.3) is 5.91 Å². The maximum Gasteiger partial charge on any atom is 0.271 e. The molecule has 1 saturated heterocycles. The maximum atomic E-state index is 12.1. The van der Waals surface area contributed by atoms with Crippen LogP contribution in [-0.2, 0) is 13.5 Å². The molecule has 1 aliphatic rings. The number of nitrogens with one attached hydrogen (secondary N) is 1. The first-order valence-electron chi connectivity index (χ1n) is 8.02. The molecule has 7 heteroatoms. The lowest BCUT2D eigenvalue weighted by Gasteiger charge is -2.32. The molecular weight excluding hydrogens is 292 g/mol. The minimum Gasteiger partial charge on any atom is -0.348 e. The van der Waals surface area contributed by atoms with Crippen LogP contribution in [0, 0.1) is 0 Å². The third-order valence-electron chi connectivity index (χ3n) is 4.16. The number of aryl methyl sites for hydroxylation is 2. The van der Waals surface area contributed by atoms with E-state index < -0.39 is 0 Å². The largest absolute Gasteiger partial charge is 0.348 e. The molecule has 122 valence electrons. The quantitative estimate of drug-likeness (QED) is 0.917. The topological polar surface area (TPSA) is 75.9 Å². The number of rotatable bonds is 4. The maximum absolute atomic E-state index is 12.1. The summed E-state index contributed by atoms with van der Waals surface area (Å²) in [6.07, 6.45) is 8.26. The van der Waals surface area contributed by atoms with Crippen molar-refractivity contribution in [2.75, 3.05) is 18.0 Å². The lowest BCUT2D eigenvalue weighted by atomic mass is 10.1. The van der Waals surface area contributed by atoms with Gasteiger partial charge in [0.05, 0.1) is 0 Å². The van der Waals surface area contributed by atoms with Crippen LogP contribution in [0.5, 0.6) is 0 Å². The fraction of sp³-hybridized carbons (Fsp3) is 0.500. The molecule has 2 aromatic rings. The van der Waals surface area contributed by atoms with E-state index in [1.54, 1.807) is 24.0 Å². The van der Waals surface area contributed by atoms with Gasteiger partial charge in [0.15, 0.2) is 0 Å². The van der Waals surface area contributed by atoms with Crippen LogP contribution in [0.25, 0.3) is 0 Å². The van der Waals surface area contributed by atoms with Crippen molar-refractivity contribution in [3.63, 3.8) is 0 Å². The first-order valence-corrected chi connectivity index (χ1v) is 8.02. The second kappa shape index (κ2) is 6.76. The zero-order valence-corrected chi connectivity index (χ0v) is 13.6. The van der Waals surface area contributed by atoms with Crippen molar-refractivity contribution in [2.24, 2.45) is 7.05 Å². The smallest absolute Gasteiger partial charge is 0.271 e. The minimum absolute atomic E-state index is 0.104. The average molecular weight is 314 g/mol. The van der Waals surface area contributed by atoms with E-state index in [0.717, 1.165) is 43.9 Å². The summed E-state index contributed by atoms with van der Waals surface area (Å²) in [7, 11) is 1.80. The molecule has 23 heavy (non-hydrogen) atoms. The molecule has 3 heterocycles. The van der Waals surface area contributed by atoms with Crippen LogP contribution in [0.2, 0.25) is 0 Å². The third kappa shape index (κ3) is 3.67. The zero-order valence-electron chi connectivity index (χ0n) is 13.6. The number of carbonyl (C=O) groups is 1. The van der Waals surface area contributed by atoms with Gasteiger partial charge in [-0.05, 0) is 30.9 Å². The molecule has 2 aromatic heterocycles. The van der Waals surface area contributed by atoms with Gasteiger partial charge in [0.2, 0.25) is 5.95 Å². The molecule has 0 unspecified atom stereocenters. The second-order valence-corrected chi connectivity index (χ2v) is 5.85. The van der Waals surface area contributed by atoms with E-state index in [2.05, 4.69) is 32.2 Å². The Morgan fingerprint density at radius 3 is 2.57 bits per heavy atom. The van der Waals surface area contributed by atoms with Crippen LogP contribution in [-0.4, -0.2) is 44.8 Å². The Morgan fingerprint density at radius 1 is 1.30 bits per heavy atom. The molecule has 0 bridgehead atoms. The van der Waals surface area contributed by atoms with Crippen molar-refractivity contribution in [3.05, 3.63) is 35.9 Å². The highest BCUT2D eigenvalue weighted by Crippen LogP contribution is 2.16. The number of amides is 1. The number of piperidine rings is 1. The molecule has 1 aliphatic heterocycles. The van der Waals surface area contributed by atoms with Gasteiger partial charge in [0, 0.05) is 44.8 Å². The minimum atomic E-state index is -0.104. The number of anilines is 1. The van der Waals surface area contributed by atoms with Crippen LogP contribution < -0.4 is 10.2 Å². The lowest BCUT2D eigenvalue weighted by Crippen LogP contribution is -2.45. The molecule has 3 rings (SSSR count). The summed E-state index contributed by atoms with van der Waals surface area (Å²) in [5, 5.41) is 7.19. The molecule has 7 nitrogen and oxygen atoms in total. The van der Waals surface area contributed by atoms with Crippen molar-refractivity contribution in [1.82, 2.24) is 25.1 Å². The standard InChI is InChI=1S/C16H22N6O/c1-3-12-10-17-16(18-11-12)22-8-4-13(5-9-22)19-15(23)14-6-7-21(2)20-14/h6-7,10-11,13H,3-5,8-9H2,1-2H3,(H,19,23). The molecule has 0 saturated carbocycles. The van der Waals surface area contributed by atoms with Gasteiger partial charge >= 0.3 is 0 Å². The summed E-state index contributed by atoms with van der Waals surface area (Å²) in [5.74, 6) is 0.671. The van der Waals surface area contributed by atoms with Gasteiger partial charge in [0.1, 0.15) is 5.69 Å². The molecule has 1 N–H and O–H groups in total. The summed E-state index contributed by atoms with van der Waals surface area (Å²) in [6.45, 7) is 3.78. The monoisotopic (exact) mass is 314 g/mol. The summed E-state index contributed by atoms with van der Waals surface area (Å²) < 4.78 is 1.63. The van der Waals surface area contributed by atoms with E-state index in [0.29, 0.717) is 5.69 Å². The second-order valence-electron chi connectivity index (χ2n) is 5.85. The van der Waals surface area contributed by atoms with Crippen LogP contribution in [0.3, 0.4) is 0 Å². The van der Waals surface area contributed by atoms with Crippen molar-refractivity contribution in [3.8, 4) is 0 Å². The Hall–Kier alpha value is -2.44. The van der Waals surface area contributed by atoms with Crippen LogP contribution >= 0.6 is 0 Å². The van der Waals surface area contributed by atoms with Gasteiger partial charge in [-0.1, -0.05) is 6.92 Å². The van der Waals surface area contributed by atoms with Crippen molar-refractivity contribution < 1.29 is 4.79 Å². The first-order chi connectivity index (χ1) is 11.2. The highest BCUT2D eigenvalue weighted by Gasteiger charge is 2.23. The zero-order chi connectivity index (χ0) is 16.2. The van der Waals surface area contributed by atoms with Gasteiger partial charge < -0.3 is 10.2 Å². The van der Waals surface area contributed by atoms with Gasteiger partial charge in [-0.2, -0.15) is 5.10 Å². The number of nitrogens with zero attached hydrogens (tertiary/aromatic N) is 5. The molecular formula is C16H22N6O. The van der Waals surface area contributed by atoms with Crippen LogP contribution in [0.4, 0.5) is 5.95 Å². The van der Waals surface area contributed by atoms with E-state index in [4.69, 9.17) is 0 Å². The highest BCUT2D eigenvalue weighted by molar-refractivity contribution is 5.92. The van der Waals surface area contributed by atoms with E-state index >= 15 is 0 Å². The average Bonchev–Trinajstić information content (AvgIpc) is 3.02. The van der Waals surface area contributed by atoms with Crippen molar-refractivity contribution in [2.45, 2.75) is 32.2 Å². The molecule has 0 spiro atoms. The van der Waals surface area contributed by atoms with Crippen molar-refractivity contribution in [1.29, 1.82) is 0 Å². The summed E-state index contributed by atoms with van der Waals surface area (Å²) in [5.41, 5.74) is 1.61. The Labute approximate surface area is 135 Å². The summed E-state index contributed by atoms with van der Waals surface area (Å²) in [4.78, 5) is 23.1. The highest BCUT2D eigenvalue weighted by atomic mass is 16.2. The van der Waals surface area contributed by atoms with Crippen LogP contribution in [0.15, 0.2) is 24.7 Å². The first kappa shape index (κ1) is 15.5. The number of aromatic nitrogens is 4. The van der Waals surface area contributed by atoms with Gasteiger partial charge in [-0.3, -0.25) is 9.48 Å². The normalized spacial score (nSPS) is 15.7. The third-order valence-corrected chi connectivity index (χ3v) is 4.16. The Kier molecular flexibility index (Phi) is 4.55. The van der Waals surface area contributed by atoms with E-state index in [1.165, 1.54) is 0 Å². The number of hydrogen-bond acceptors (Lipinski definition) is 5. The molecule has 0 aromatic carbocycles. The van der Waals surface area contributed by atoms with E-state index in [9.17, 15) is 4.79 Å². The molecule has 1 fully saturated rings.